The second-order valence-electron chi connectivity index (χ2n) is 5.73. The third-order valence-corrected chi connectivity index (χ3v) is 6.25. The van der Waals surface area contributed by atoms with Crippen LogP contribution in [-0.4, -0.2) is 18.3 Å². The second-order valence-corrected chi connectivity index (χ2v) is 8.27. The number of fused-ring (bicyclic) bond motifs is 1. The van der Waals surface area contributed by atoms with Crippen LogP contribution in [0.1, 0.15) is 25.6 Å². The minimum Gasteiger partial charge on any atom is -0.316 e. The maximum atomic E-state index is 12.6. The van der Waals surface area contributed by atoms with Crippen LogP contribution in [0.25, 0.3) is 22.2 Å². The van der Waals surface area contributed by atoms with Gasteiger partial charge in [-0.05, 0) is 42.8 Å². The fourth-order valence-corrected chi connectivity index (χ4v) is 5.10. The van der Waals surface area contributed by atoms with Crippen molar-refractivity contribution < 1.29 is 0 Å². The van der Waals surface area contributed by atoms with Gasteiger partial charge in [-0.2, -0.15) is 5.10 Å². The van der Waals surface area contributed by atoms with Gasteiger partial charge in [-0.15, -0.1) is 0 Å². The molecule has 0 saturated carbocycles. The highest BCUT2D eigenvalue weighted by Crippen LogP contribution is 2.37. The summed E-state index contributed by atoms with van der Waals surface area (Å²) in [6, 6.07) is 2.36. The highest BCUT2D eigenvalue weighted by Gasteiger charge is 2.20. The van der Waals surface area contributed by atoms with E-state index in [1.54, 1.807) is 17.8 Å². The Labute approximate surface area is 158 Å². The van der Waals surface area contributed by atoms with E-state index >= 15 is 0 Å². The lowest BCUT2D eigenvalue weighted by molar-refractivity contribution is 0.519. The van der Waals surface area contributed by atoms with E-state index in [0.717, 1.165) is 26.8 Å². The fraction of sp³-hybridized carbons (Fsp3) is 0.333. The molecule has 3 rings (SSSR count). The van der Waals surface area contributed by atoms with Crippen molar-refractivity contribution in [3.05, 3.63) is 39.0 Å². The molecule has 3 heterocycles. The summed E-state index contributed by atoms with van der Waals surface area (Å²) in [4.78, 5) is 12.6. The van der Waals surface area contributed by atoms with Gasteiger partial charge in [-0.1, -0.05) is 0 Å². The van der Waals surface area contributed by atoms with E-state index in [1.165, 1.54) is 9.12 Å². The quantitative estimate of drug-likeness (QED) is 0.483. The SMILES string of the molecule is Cc1c(-c2cc3c(Br)cn(C)c(=O)c3n2SI)cnn1C(C)C. The fourth-order valence-electron chi connectivity index (χ4n) is 2.80. The Morgan fingerprint density at radius 1 is 1.39 bits per heavy atom. The van der Waals surface area contributed by atoms with Crippen LogP contribution in [0.15, 0.2) is 27.7 Å². The normalized spacial score (nSPS) is 11.8. The Balaban J connectivity index is 2.37. The summed E-state index contributed by atoms with van der Waals surface area (Å²) in [5.41, 5.74) is 3.82. The zero-order chi connectivity index (χ0) is 16.9. The summed E-state index contributed by atoms with van der Waals surface area (Å²) in [5.74, 6) is 0. The first-order valence-corrected chi connectivity index (χ1v) is 11.2. The van der Waals surface area contributed by atoms with Gasteiger partial charge in [0.25, 0.3) is 5.56 Å². The van der Waals surface area contributed by atoms with Gasteiger partial charge in [0.05, 0.1) is 11.9 Å². The van der Waals surface area contributed by atoms with Gasteiger partial charge in [0.2, 0.25) is 0 Å². The molecule has 0 fully saturated rings. The van der Waals surface area contributed by atoms with Crippen molar-refractivity contribution in [2.24, 2.45) is 7.05 Å². The van der Waals surface area contributed by atoms with Crippen molar-refractivity contribution >= 4 is 57.2 Å². The first kappa shape index (κ1) is 17.1. The predicted molar refractivity (Wildman–Crippen MR) is 108 cm³/mol. The highest BCUT2D eigenvalue weighted by molar-refractivity contribution is 14.2. The van der Waals surface area contributed by atoms with Crippen LogP contribution >= 0.6 is 46.3 Å². The first-order chi connectivity index (χ1) is 10.9. The van der Waals surface area contributed by atoms with E-state index in [4.69, 9.17) is 0 Å². The minimum absolute atomic E-state index is 0.00693. The lowest BCUT2D eigenvalue weighted by atomic mass is 10.2. The molecule has 0 atom stereocenters. The molecule has 0 amide bonds. The number of nitrogens with zero attached hydrogens (tertiary/aromatic N) is 4. The van der Waals surface area contributed by atoms with E-state index in [1.807, 2.05) is 14.9 Å². The molecule has 0 aliphatic carbocycles. The van der Waals surface area contributed by atoms with E-state index in [0.29, 0.717) is 11.6 Å². The molecule has 23 heavy (non-hydrogen) atoms. The van der Waals surface area contributed by atoms with Crippen molar-refractivity contribution in [1.29, 1.82) is 0 Å². The number of aromatic nitrogens is 4. The molecule has 0 spiro atoms. The summed E-state index contributed by atoms with van der Waals surface area (Å²) < 4.78 is 6.50. The Kier molecular flexibility index (Phi) is 4.67. The number of pyridine rings is 1. The van der Waals surface area contributed by atoms with E-state index in [9.17, 15) is 4.79 Å². The van der Waals surface area contributed by atoms with Gasteiger partial charge in [0.1, 0.15) is 5.52 Å². The van der Waals surface area contributed by atoms with E-state index in [-0.39, 0.29) is 5.56 Å². The molecular formula is C15H16BrIN4OS. The lowest BCUT2D eigenvalue weighted by Crippen LogP contribution is -2.17. The molecular weight excluding hydrogens is 491 g/mol. The Hall–Kier alpha value is -0.740. The molecule has 3 aromatic rings. The molecule has 0 aromatic carbocycles. The topological polar surface area (TPSA) is 44.8 Å². The third-order valence-electron chi connectivity index (χ3n) is 3.92. The lowest BCUT2D eigenvalue weighted by Gasteiger charge is -2.09. The summed E-state index contributed by atoms with van der Waals surface area (Å²) in [5, 5.41) is 5.42. The van der Waals surface area contributed by atoms with Crippen molar-refractivity contribution in [3.63, 3.8) is 0 Å². The van der Waals surface area contributed by atoms with E-state index < -0.39 is 0 Å². The van der Waals surface area contributed by atoms with Crippen LogP contribution in [0.4, 0.5) is 0 Å². The molecule has 5 nitrogen and oxygen atoms in total. The molecule has 3 aromatic heterocycles. The van der Waals surface area contributed by atoms with Crippen molar-refractivity contribution in [2.45, 2.75) is 26.8 Å². The number of hydrogen-bond acceptors (Lipinski definition) is 3. The zero-order valence-corrected chi connectivity index (χ0v) is 17.7. The average molecular weight is 507 g/mol. The Morgan fingerprint density at radius 2 is 2.09 bits per heavy atom. The van der Waals surface area contributed by atoms with Gasteiger partial charge in [0.15, 0.2) is 0 Å². The van der Waals surface area contributed by atoms with Crippen LogP contribution in [0, 0.1) is 6.92 Å². The zero-order valence-electron chi connectivity index (χ0n) is 13.2. The molecule has 0 aliphatic rings. The standard InChI is InChI=1S/C15H16BrIN4OS/c1-8(2)20-9(3)11(6-18-20)13-5-10-12(16)7-19(4)15(22)14(10)21(13)23-17/h5-8H,1-4H3. The van der Waals surface area contributed by atoms with Crippen LogP contribution in [-0.2, 0) is 7.05 Å². The Bertz CT molecular complexity index is 957. The summed E-state index contributed by atoms with van der Waals surface area (Å²) in [6.07, 6.45) is 3.69. The van der Waals surface area contributed by atoms with Gasteiger partial charge >= 0.3 is 0 Å². The third kappa shape index (κ3) is 2.68. The summed E-state index contributed by atoms with van der Waals surface area (Å²) in [6.45, 7) is 6.28. The molecule has 0 bridgehead atoms. The van der Waals surface area contributed by atoms with Gasteiger partial charge in [-0.3, -0.25) is 13.4 Å². The average Bonchev–Trinajstić information content (AvgIpc) is 3.05. The van der Waals surface area contributed by atoms with Crippen molar-refractivity contribution in [3.8, 4) is 11.3 Å². The minimum atomic E-state index is -0.00693. The number of aryl methyl sites for hydroxylation is 1. The number of rotatable bonds is 3. The van der Waals surface area contributed by atoms with Crippen molar-refractivity contribution in [2.75, 3.05) is 0 Å². The Morgan fingerprint density at radius 3 is 2.65 bits per heavy atom. The molecule has 8 heteroatoms. The van der Waals surface area contributed by atoms with Crippen LogP contribution in [0.3, 0.4) is 0 Å². The molecule has 0 N–H and O–H groups in total. The van der Waals surface area contributed by atoms with E-state index in [2.05, 4.69) is 69.1 Å². The van der Waals surface area contributed by atoms with Crippen LogP contribution in [0.2, 0.25) is 0 Å². The van der Waals surface area contributed by atoms with Crippen LogP contribution < -0.4 is 5.56 Å². The highest BCUT2D eigenvalue weighted by atomic mass is 127. The maximum Gasteiger partial charge on any atom is 0.275 e. The summed E-state index contributed by atoms with van der Waals surface area (Å²) in [7, 11) is 3.27. The predicted octanol–water partition coefficient (Wildman–Crippen LogP) is 4.70. The molecule has 122 valence electrons. The molecule has 0 radical (unpaired) electrons. The molecule has 0 unspecified atom stereocenters. The van der Waals surface area contributed by atoms with Crippen molar-refractivity contribution in [1.82, 2.24) is 18.3 Å². The van der Waals surface area contributed by atoms with Gasteiger partial charge < -0.3 is 4.57 Å². The second kappa shape index (κ2) is 6.29. The van der Waals surface area contributed by atoms with Gasteiger partial charge in [-0.25, -0.2) is 0 Å². The summed E-state index contributed by atoms with van der Waals surface area (Å²) >= 11 is 5.78. The first-order valence-electron chi connectivity index (χ1n) is 7.11. The molecule has 0 saturated heterocycles. The monoisotopic (exact) mass is 506 g/mol. The maximum absolute atomic E-state index is 12.6. The van der Waals surface area contributed by atoms with Crippen LogP contribution in [0.5, 0.6) is 0 Å². The number of hydrogen-bond donors (Lipinski definition) is 0. The molecule has 0 aliphatic heterocycles. The smallest absolute Gasteiger partial charge is 0.275 e. The largest absolute Gasteiger partial charge is 0.316 e. The van der Waals surface area contributed by atoms with Gasteiger partial charge in [0, 0.05) is 70.7 Å². The number of halogens is 2.